The van der Waals surface area contributed by atoms with Crippen LogP contribution in [0.25, 0.3) is 68.3 Å². The number of ether oxygens (including phenoxy) is 4. The molecule has 14 heteroatoms. The largest absolute Gasteiger partial charge is 0.507 e. The lowest BCUT2D eigenvalue weighted by atomic mass is 9.61. The zero-order chi connectivity index (χ0) is 66.8. The zero-order valence-electron chi connectivity index (χ0n) is 57.0. The van der Waals surface area contributed by atoms with Gasteiger partial charge in [0.15, 0.2) is 34.9 Å². The van der Waals surface area contributed by atoms with Gasteiger partial charge in [0.05, 0.1) is 11.1 Å². The molecule has 9 rings (SSSR count). The van der Waals surface area contributed by atoms with Gasteiger partial charge in [-0.15, -0.1) is 0 Å². The molecule has 0 amide bonds. The van der Waals surface area contributed by atoms with Crippen molar-refractivity contribution >= 4 is 11.9 Å². The number of carbonyl (C=O) groups is 2. The van der Waals surface area contributed by atoms with E-state index in [9.17, 15) is 19.8 Å². The number of aromatic hydroxyl groups is 2. The van der Waals surface area contributed by atoms with E-state index < -0.39 is 0 Å². The van der Waals surface area contributed by atoms with E-state index >= 15 is 0 Å². The van der Waals surface area contributed by atoms with E-state index in [1.54, 1.807) is 24.3 Å². The summed E-state index contributed by atoms with van der Waals surface area (Å²) in [4.78, 5) is 54.1. The maximum absolute atomic E-state index is 12.8. The molecule has 0 spiro atoms. The minimum atomic E-state index is -0.209. The van der Waals surface area contributed by atoms with Gasteiger partial charge in [0.1, 0.15) is 49.4 Å². The Hall–Kier alpha value is -8.52. The van der Waals surface area contributed by atoms with Crippen molar-refractivity contribution in [2.24, 2.45) is 23.7 Å². The maximum Gasteiger partial charge on any atom is 0.305 e. The number of unbranched alkanes of at least 4 members (excludes halogenated alkanes) is 16. The molecule has 96 heavy (non-hydrogen) atoms. The smallest absolute Gasteiger partial charge is 0.305 e. The number of hydrogen-bond donors (Lipinski definition) is 2. The highest BCUT2D eigenvalue weighted by Gasteiger charge is 2.38. The molecule has 4 atom stereocenters. The van der Waals surface area contributed by atoms with Crippen LogP contribution < -0.4 is 9.47 Å². The number of benzene rings is 6. The molecular formula is C82H102N6O8. The van der Waals surface area contributed by atoms with Crippen molar-refractivity contribution in [2.45, 2.75) is 194 Å². The summed E-state index contributed by atoms with van der Waals surface area (Å²) < 4.78 is 23.0. The van der Waals surface area contributed by atoms with E-state index in [0.29, 0.717) is 70.4 Å². The van der Waals surface area contributed by atoms with Gasteiger partial charge in [-0.25, -0.2) is 29.9 Å². The first kappa shape index (κ1) is 71.8. The van der Waals surface area contributed by atoms with Gasteiger partial charge in [-0.1, -0.05) is 264 Å². The second kappa shape index (κ2) is 40.1. The molecule has 4 unspecified atom stereocenters. The standard InChI is InChI=1S/C82H102N6O8/c1-3-5-7-9-13-31-45-69-61(35-21-8-6-4-2)49-50-62(36-22-12-10-15-33-47-75(91)95-57-55-93-67-51-53-71(73(89)59-67)81-85-77(63-37-23-17-24-38-63)83-78(86-81)64-39-25-18-26-40-64)70(69)46-32-14-11-16-34-48-76(92)96-58-56-94-68-52-54-72(74(90)60-68)82-87-79(65-41-27-19-28-42-65)84-80(88-82)66-43-29-20-30-44-66/h17-20,23-30,37-44,51-54,59-62,69-70,89-90H,3-16,21-22,31-36,45-50,55-58H2,1-2H3. The second-order valence-corrected chi connectivity index (χ2v) is 26.0. The summed E-state index contributed by atoms with van der Waals surface area (Å²) >= 11 is 0. The van der Waals surface area contributed by atoms with Gasteiger partial charge in [0.2, 0.25) is 0 Å². The SMILES string of the molecule is CCCCCCCCC1C(CCCCCC)CCC(CCCCCCCC(=O)OCCOc2ccc(-c3nc(-c4ccccc4)nc(-c4ccccc4)n3)c(O)c2)C1CCCCCCCC(=O)OCCOc1ccc(-c2nc(-c3ccccc3)nc(-c3ccccc3)n2)c(O)c1. The van der Waals surface area contributed by atoms with Crippen molar-refractivity contribution in [1.29, 1.82) is 0 Å². The van der Waals surface area contributed by atoms with Crippen LogP contribution in [0.3, 0.4) is 0 Å². The fourth-order valence-electron chi connectivity index (χ4n) is 13.8. The van der Waals surface area contributed by atoms with Gasteiger partial charge in [0.25, 0.3) is 0 Å². The van der Waals surface area contributed by atoms with E-state index in [2.05, 4.69) is 13.8 Å². The molecule has 14 nitrogen and oxygen atoms in total. The van der Waals surface area contributed by atoms with Crippen LogP contribution in [0.2, 0.25) is 0 Å². The van der Waals surface area contributed by atoms with Crippen molar-refractivity contribution in [2.75, 3.05) is 26.4 Å². The Morgan fingerprint density at radius 3 is 1.00 bits per heavy atom. The van der Waals surface area contributed by atoms with E-state index in [0.717, 1.165) is 84.5 Å². The zero-order valence-corrected chi connectivity index (χ0v) is 57.0. The number of carbonyl (C=O) groups excluding carboxylic acids is 2. The van der Waals surface area contributed by atoms with Crippen LogP contribution in [0.4, 0.5) is 0 Å². The summed E-state index contributed by atoms with van der Waals surface area (Å²) in [5, 5.41) is 22.3. The Balaban J connectivity index is 0.674. The Morgan fingerprint density at radius 2 is 0.656 bits per heavy atom. The fraction of sp³-hybridized carbons (Fsp3) is 0.463. The van der Waals surface area contributed by atoms with Crippen molar-refractivity contribution in [3.8, 4) is 91.3 Å². The highest BCUT2D eigenvalue weighted by atomic mass is 16.6. The molecule has 508 valence electrons. The lowest BCUT2D eigenvalue weighted by Crippen LogP contribution is -2.35. The van der Waals surface area contributed by atoms with Crippen molar-refractivity contribution < 1.29 is 38.7 Å². The molecule has 2 heterocycles. The Kier molecular flexibility index (Phi) is 30.0. The molecule has 2 aromatic heterocycles. The normalized spacial score (nSPS) is 15.3. The fourth-order valence-corrected chi connectivity index (χ4v) is 13.8. The van der Waals surface area contributed by atoms with E-state index in [1.165, 1.54) is 141 Å². The lowest BCUT2D eigenvalue weighted by molar-refractivity contribution is -0.145. The predicted octanol–water partition coefficient (Wildman–Crippen LogP) is 20.5. The first-order chi connectivity index (χ1) is 47.2. The van der Waals surface area contributed by atoms with Crippen molar-refractivity contribution in [3.05, 3.63) is 158 Å². The number of rotatable bonds is 42. The molecular weight excluding hydrogens is 1200 g/mol. The van der Waals surface area contributed by atoms with Crippen LogP contribution in [0.1, 0.15) is 194 Å². The summed E-state index contributed by atoms with van der Waals surface area (Å²) in [6.45, 7) is 5.20. The van der Waals surface area contributed by atoms with Crippen LogP contribution in [-0.4, -0.2) is 78.5 Å². The molecule has 6 aromatic carbocycles. The van der Waals surface area contributed by atoms with Crippen molar-refractivity contribution in [3.63, 3.8) is 0 Å². The molecule has 0 bridgehead atoms. The average Bonchev–Trinajstić information content (AvgIpc) is 0.833. The molecule has 8 aromatic rings. The number of aromatic nitrogens is 6. The van der Waals surface area contributed by atoms with E-state index in [1.807, 2.05) is 121 Å². The summed E-state index contributed by atoms with van der Waals surface area (Å²) in [5.41, 5.74) is 4.27. The molecule has 1 saturated carbocycles. The van der Waals surface area contributed by atoms with Gasteiger partial charge in [-0.05, 0) is 86.5 Å². The van der Waals surface area contributed by atoms with Gasteiger partial charge in [-0.2, -0.15) is 0 Å². The molecule has 0 saturated heterocycles. The maximum atomic E-state index is 12.8. The van der Waals surface area contributed by atoms with Crippen LogP contribution in [0, 0.1) is 23.7 Å². The summed E-state index contributed by atoms with van der Waals surface area (Å²) in [6, 6.07) is 48.9. The summed E-state index contributed by atoms with van der Waals surface area (Å²) in [6.07, 6.45) is 33.2. The van der Waals surface area contributed by atoms with Crippen LogP contribution in [0.5, 0.6) is 23.0 Å². The predicted molar refractivity (Wildman–Crippen MR) is 383 cm³/mol. The topological polar surface area (TPSA) is 189 Å². The third-order valence-corrected chi connectivity index (χ3v) is 18.9. The Bertz CT molecular complexity index is 3450. The highest BCUT2D eigenvalue weighted by molar-refractivity contribution is 5.73. The van der Waals surface area contributed by atoms with Crippen LogP contribution in [0.15, 0.2) is 158 Å². The average molecular weight is 1300 g/mol. The third-order valence-electron chi connectivity index (χ3n) is 18.9. The van der Waals surface area contributed by atoms with Gasteiger partial charge < -0.3 is 29.2 Å². The lowest BCUT2D eigenvalue weighted by Gasteiger charge is -2.44. The number of phenols is 2. The van der Waals surface area contributed by atoms with E-state index in [4.69, 9.17) is 48.9 Å². The van der Waals surface area contributed by atoms with Gasteiger partial charge >= 0.3 is 11.9 Å². The first-order valence-corrected chi connectivity index (χ1v) is 36.2. The molecule has 1 aliphatic rings. The molecule has 0 radical (unpaired) electrons. The third kappa shape index (κ3) is 23.1. The first-order valence-electron chi connectivity index (χ1n) is 36.2. The van der Waals surface area contributed by atoms with Crippen LogP contribution in [-0.2, 0) is 19.1 Å². The quantitative estimate of drug-likeness (QED) is 0.0271. The number of nitrogens with zero attached hydrogens (tertiary/aromatic N) is 6. The summed E-state index contributed by atoms with van der Waals surface area (Å²) in [5.74, 6) is 6.40. The molecule has 2 N–H and O–H groups in total. The summed E-state index contributed by atoms with van der Waals surface area (Å²) in [7, 11) is 0. The molecule has 1 fully saturated rings. The Labute approximate surface area is 570 Å². The Morgan fingerprint density at radius 1 is 0.354 bits per heavy atom. The monoisotopic (exact) mass is 1300 g/mol. The number of hydrogen-bond acceptors (Lipinski definition) is 14. The molecule has 1 aliphatic carbocycles. The van der Waals surface area contributed by atoms with Crippen LogP contribution >= 0.6 is 0 Å². The second-order valence-electron chi connectivity index (χ2n) is 26.0. The van der Waals surface area contributed by atoms with Crippen molar-refractivity contribution in [1.82, 2.24) is 29.9 Å². The number of phenolic OH excluding ortho intramolecular Hbond substituents is 2. The van der Waals surface area contributed by atoms with E-state index in [-0.39, 0.29) is 49.9 Å². The minimum absolute atomic E-state index is 0.0264. The minimum Gasteiger partial charge on any atom is -0.507 e. The number of esters is 2. The van der Waals surface area contributed by atoms with Gasteiger partial charge in [0, 0.05) is 47.2 Å². The van der Waals surface area contributed by atoms with Gasteiger partial charge in [-0.3, -0.25) is 9.59 Å². The highest BCUT2D eigenvalue weighted by Crippen LogP contribution is 2.48. The molecule has 0 aliphatic heterocycles.